The Morgan fingerprint density at radius 1 is 1.50 bits per heavy atom. The van der Waals surface area contributed by atoms with Crippen molar-refractivity contribution in [2.24, 2.45) is 5.92 Å². The molecule has 2 atom stereocenters. The van der Waals surface area contributed by atoms with Gasteiger partial charge in [0.25, 0.3) is 0 Å². The normalized spacial score (nSPS) is 26.8. The summed E-state index contributed by atoms with van der Waals surface area (Å²) in [4.78, 5) is 2.41. The molecule has 2 N–H and O–H groups in total. The summed E-state index contributed by atoms with van der Waals surface area (Å²) in [6, 6.07) is 1.30. The van der Waals surface area contributed by atoms with E-state index in [9.17, 15) is 0 Å². The van der Waals surface area contributed by atoms with Gasteiger partial charge in [0.2, 0.25) is 0 Å². The first-order valence-corrected chi connectivity index (χ1v) is 5.72. The molecule has 0 amide bonds. The molecule has 0 aliphatic carbocycles. The summed E-state index contributed by atoms with van der Waals surface area (Å²) in [5, 5.41) is 6.99. The van der Waals surface area contributed by atoms with E-state index in [0.717, 1.165) is 6.54 Å². The fraction of sp³-hybridized carbons (Fsp3) is 1.00. The molecule has 0 saturated carbocycles. The third kappa shape index (κ3) is 3.56. The molecule has 0 aromatic heterocycles. The fourth-order valence-electron chi connectivity index (χ4n) is 2.18. The molecule has 0 aromatic carbocycles. The second-order valence-corrected chi connectivity index (χ2v) is 4.79. The molecule has 0 bridgehead atoms. The van der Waals surface area contributed by atoms with Gasteiger partial charge in [0.05, 0.1) is 0 Å². The second kappa shape index (κ2) is 5.69. The number of rotatable bonds is 4. The Bertz CT molecular complexity index is 159. The molecular formula is C11H25N3. The molecule has 1 heterocycles. The number of hydrogen-bond donors (Lipinski definition) is 2. The lowest BCUT2D eigenvalue weighted by atomic mass is 9.96. The van der Waals surface area contributed by atoms with Crippen molar-refractivity contribution in [1.29, 1.82) is 0 Å². The van der Waals surface area contributed by atoms with Crippen LogP contribution in [0.5, 0.6) is 0 Å². The van der Waals surface area contributed by atoms with Crippen LogP contribution in [0.3, 0.4) is 0 Å². The van der Waals surface area contributed by atoms with Crippen LogP contribution in [0.4, 0.5) is 0 Å². The van der Waals surface area contributed by atoms with Gasteiger partial charge in [-0.3, -0.25) is 0 Å². The third-order valence-corrected chi connectivity index (χ3v) is 3.17. The van der Waals surface area contributed by atoms with E-state index in [1.807, 2.05) is 0 Å². The SMILES string of the molecule is CNC(CC1CN(C)CCN1)C(C)C. The van der Waals surface area contributed by atoms with Gasteiger partial charge in [-0.05, 0) is 26.4 Å². The molecule has 14 heavy (non-hydrogen) atoms. The van der Waals surface area contributed by atoms with E-state index in [0.29, 0.717) is 18.0 Å². The number of likely N-dealkylation sites (N-methyl/N-ethyl adjacent to an activating group) is 1. The van der Waals surface area contributed by atoms with Crippen molar-refractivity contribution < 1.29 is 0 Å². The highest BCUT2D eigenvalue weighted by Crippen LogP contribution is 2.10. The lowest BCUT2D eigenvalue weighted by Gasteiger charge is -2.34. The highest BCUT2D eigenvalue weighted by atomic mass is 15.2. The van der Waals surface area contributed by atoms with E-state index in [2.05, 4.69) is 43.5 Å². The average molecular weight is 199 g/mol. The van der Waals surface area contributed by atoms with Crippen LogP contribution >= 0.6 is 0 Å². The van der Waals surface area contributed by atoms with Crippen molar-refractivity contribution in [1.82, 2.24) is 15.5 Å². The zero-order chi connectivity index (χ0) is 10.6. The summed E-state index contributed by atoms with van der Waals surface area (Å²) in [5.41, 5.74) is 0. The van der Waals surface area contributed by atoms with Gasteiger partial charge in [0, 0.05) is 31.7 Å². The van der Waals surface area contributed by atoms with Crippen LogP contribution in [0.1, 0.15) is 20.3 Å². The number of nitrogens with one attached hydrogen (secondary N) is 2. The molecule has 3 nitrogen and oxygen atoms in total. The van der Waals surface area contributed by atoms with Gasteiger partial charge >= 0.3 is 0 Å². The molecule has 1 aliphatic heterocycles. The van der Waals surface area contributed by atoms with E-state index < -0.39 is 0 Å². The summed E-state index contributed by atoms with van der Waals surface area (Å²) < 4.78 is 0. The molecule has 1 rings (SSSR count). The maximum absolute atomic E-state index is 3.59. The molecule has 3 heteroatoms. The summed E-state index contributed by atoms with van der Waals surface area (Å²) in [6.45, 7) is 8.07. The molecule has 2 unspecified atom stereocenters. The first-order valence-electron chi connectivity index (χ1n) is 5.72. The zero-order valence-corrected chi connectivity index (χ0v) is 10.0. The molecular weight excluding hydrogens is 174 g/mol. The van der Waals surface area contributed by atoms with Crippen molar-refractivity contribution in [2.45, 2.75) is 32.4 Å². The highest BCUT2D eigenvalue weighted by molar-refractivity contribution is 4.82. The van der Waals surface area contributed by atoms with E-state index in [-0.39, 0.29) is 0 Å². The first kappa shape index (κ1) is 12.0. The summed E-state index contributed by atoms with van der Waals surface area (Å²) in [7, 11) is 4.27. The van der Waals surface area contributed by atoms with Gasteiger partial charge < -0.3 is 15.5 Å². The molecule has 84 valence electrons. The molecule has 0 spiro atoms. The van der Waals surface area contributed by atoms with Gasteiger partial charge in [0.15, 0.2) is 0 Å². The van der Waals surface area contributed by atoms with Crippen molar-refractivity contribution in [2.75, 3.05) is 33.7 Å². The minimum absolute atomic E-state index is 0.638. The predicted molar refractivity (Wildman–Crippen MR) is 61.6 cm³/mol. The van der Waals surface area contributed by atoms with Crippen molar-refractivity contribution in [3.63, 3.8) is 0 Å². The predicted octanol–water partition coefficient (Wildman–Crippen LogP) is 0.524. The Morgan fingerprint density at radius 3 is 2.71 bits per heavy atom. The fourth-order valence-corrected chi connectivity index (χ4v) is 2.18. The van der Waals surface area contributed by atoms with Crippen LogP contribution in [0, 0.1) is 5.92 Å². The van der Waals surface area contributed by atoms with Crippen LogP contribution < -0.4 is 10.6 Å². The van der Waals surface area contributed by atoms with E-state index in [1.54, 1.807) is 0 Å². The Labute approximate surface area is 88.2 Å². The van der Waals surface area contributed by atoms with E-state index in [4.69, 9.17) is 0 Å². The molecule has 0 aromatic rings. The molecule has 1 fully saturated rings. The van der Waals surface area contributed by atoms with Gasteiger partial charge in [-0.15, -0.1) is 0 Å². The van der Waals surface area contributed by atoms with E-state index >= 15 is 0 Å². The Balaban J connectivity index is 2.33. The van der Waals surface area contributed by atoms with E-state index in [1.165, 1.54) is 19.5 Å². The number of hydrogen-bond acceptors (Lipinski definition) is 3. The monoisotopic (exact) mass is 199 g/mol. The zero-order valence-electron chi connectivity index (χ0n) is 10.0. The topological polar surface area (TPSA) is 27.3 Å². The highest BCUT2D eigenvalue weighted by Gasteiger charge is 2.21. The smallest absolute Gasteiger partial charge is 0.0210 e. The number of nitrogens with zero attached hydrogens (tertiary/aromatic N) is 1. The van der Waals surface area contributed by atoms with Crippen LogP contribution in [0.25, 0.3) is 0 Å². The van der Waals surface area contributed by atoms with Gasteiger partial charge in [-0.2, -0.15) is 0 Å². The second-order valence-electron chi connectivity index (χ2n) is 4.79. The minimum Gasteiger partial charge on any atom is -0.317 e. The lowest BCUT2D eigenvalue weighted by molar-refractivity contribution is 0.212. The number of piperazine rings is 1. The minimum atomic E-state index is 0.638. The van der Waals surface area contributed by atoms with Crippen LogP contribution in [0.15, 0.2) is 0 Å². The van der Waals surface area contributed by atoms with Gasteiger partial charge in [-0.25, -0.2) is 0 Å². The molecule has 1 aliphatic rings. The maximum atomic E-state index is 3.59. The lowest BCUT2D eigenvalue weighted by Crippen LogP contribution is -2.51. The summed E-state index contributed by atoms with van der Waals surface area (Å²) in [5.74, 6) is 0.717. The third-order valence-electron chi connectivity index (χ3n) is 3.17. The van der Waals surface area contributed by atoms with Crippen LogP contribution in [-0.4, -0.2) is 50.7 Å². The molecule has 1 saturated heterocycles. The van der Waals surface area contributed by atoms with Crippen LogP contribution in [-0.2, 0) is 0 Å². The molecule has 0 radical (unpaired) electrons. The van der Waals surface area contributed by atoms with Crippen LogP contribution in [0.2, 0.25) is 0 Å². The average Bonchev–Trinajstić information content (AvgIpc) is 2.14. The maximum Gasteiger partial charge on any atom is 0.0210 e. The largest absolute Gasteiger partial charge is 0.317 e. The summed E-state index contributed by atoms with van der Waals surface area (Å²) in [6.07, 6.45) is 1.23. The van der Waals surface area contributed by atoms with Gasteiger partial charge in [0.1, 0.15) is 0 Å². The standard InChI is InChI=1S/C11H25N3/c1-9(2)11(12-3)7-10-8-14(4)6-5-13-10/h9-13H,5-8H2,1-4H3. The Hall–Kier alpha value is -0.120. The Kier molecular flexibility index (Phi) is 4.85. The first-order chi connectivity index (χ1) is 6.63. The van der Waals surface area contributed by atoms with Crippen molar-refractivity contribution >= 4 is 0 Å². The van der Waals surface area contributed by atoms with Gasteiger partial charge in [-0.1, -0.05) is 13.8 Å². The summed E-state index contributed by atoms with van der Waals surface area (Å²) >= 11 is 0. The van der Waals surface area contributed by atoms with Crippen molar-refractivity contribution in [3.05, 3.63) is 0 Å². The Morgan fingerprint density at radius 2 is 2.21 bits per heavy atom. The van der Waals surface area contributed by atoms with Crippen molar-refractivity contribution in [3.8, 4) is 0 Å². The quantitative estimate of drug-likeness (QED) is 0.691.